The summed E-state index contributed by atoms with van der Waals surface area (Å²) in [5.41, 5.74) is 0.462. The number of aliphatic hydroxyl groups is 1. The van der Waals surface area contributed by atoms with Gasteiger partial charge >= 0.3 is 0 Å². The lowest BCUT2D eigenvalue weighted by Gasteiger charge is -2.32. The molecule has 5 atom stereocenters. The van der Waals surface area contributed by atoms with Gasteiger partial charge in [0.05, 0.1) is 18.8 Å². The fraction of sp³-hybridized carbons (Fsp3) is 0.696. The van der Waals surface area contributed by atoms with Crippen LogP contribution in [0.1, 0.15) is 31.4 Å². The van der Waals surface area contributed by atoms with Crippen molar-refractivity contribution in [3.05, 3.63) is 17.8 Å². The number of aromatic nitrogens is 4. The number of nitrogens with one attached hydrogen (secondary N) is 3. The van der Waals surface area contributed by atoms with E-state index < -0.39 is 5.60 Å². The van der Waals surface area contributed by atoms with Crippen LogP contribution in [0.4, 0.5) is 17.6 Å². The second kappa shape index (κ2) is 8.41. The Hall–Kier alpha value is -2.43. The number of morpholine rings is 1. The summed E-state index contributed by atoms with van der Waals surface area (Å²) in [7, 11) is 0. The number of aryl methyl sites for hydroxylation is 1. The van der Waals surface area contributed by atoms with Crippen LogP contribution >= 0.6 is 0 Å². The van der Waals surface area contributed by atoms with E-state index in [2.05, 4.69) is 30.7 Å². The Labute approximate surface area is 193 Å². The summed E-state index contributed by atoms with van der Waals surface area (Å²) in [6.07, 6.45) is 4.12. The molecule has 4 aliphatic carbocycles. The minimum absolute atomic E-state index is 0.206. The maximum atomic E-state index is 11.1. The molecule has 33 heavy (non-hydrogen) atoms. The summed E-state index contributed by atoms with van der Waals surface area (Å²) < 4.78 is 11.5. The highest BCUT2D eigenvalue weighted by Gasteiger charge is 2.62. The Morgan fingerprint density at radius 1 is 1.21 bits per heavy atom. The number of hydrogen-bond acceptors (Lipinski definition) is 9. The number of aromatic amines is 1. The number of hydrogen-bond donors (Lipinski definition) is 4. The Bertz CT molecular complexity index is 994. The average molecular weight is 456 g/mol. The first-order chi connectivity index (χ1) is 16.0. The molecule has 4 saturated carbocycles. The molecule has 0 spiro atoms. The monoisotopic (exact) mass is 455 g/mol. The van der Waals surface area contributed by atoms with Crippen molar-refractivity contribution < 1.29 is 14.6 Å². The van der Waals surface area contributed by atoms with E-state index in [-0.39, 0.29) is 12.0 Å². The van der Waals surface area contributed by atoms with Gasteiger partial charge in [-0.1, -0.05) is 0 Å². The molecule has 1 aliphatic heterocycles. The average Bonchev–Trinajstić information content (AvgIpc) is 3.36. The number of ether oxygens (including phenoxy) is 2. The zero-order chi connectivity index (χ0) is 22.4. The zero-order valence-corrected chi connectivity index (χ0v) is 19.1. The molecular formula is C23H33N7O3. The molecule has 7 rings (SSSR count). The molecule has 5 fully saturated rings. The lowest BCUT2D eigenvalue weighted by atomic mass is 9.79. The molecule has 5 aliphatic rings. The maximum absolute atomic E-state index is 11.1. The highest BCUT2D eigenvalue weighted by Crippen LogP contribution is 2.60. The third-order valence-electron chi connectivity index (χ3n) is 7.83. The lowest BCUT2D eigenvalue weighted by Crippen LogP contribution is -2.38. The molecule has 10 nitrogen and oxygen atoms in total. The maximum Gasteiger partial charge on any atom is 0.228 e. The van der Waals surface area contributed by atoms with Crippen LogP contribution in [0.15, 0.2) is 12.1 Å². The molecule has 0 radical (unpaired) electrons. The molecule has 1 saturated heterocycles. The first kappa shape index (κ1) is 21.1. The highest BCUT2D eigenvalue weighted by molar-refractivity contribution is 5.55. The molecule has 4 N–H and O–H groups in total. The van der Waals surface area contributed by atoms with E-state index in [9.17, 15) is 5.11 Å². The van der Waals surface area contributed by atoms with Crippen LogP contribution in [-0.4, -0.2) is 81.3 Å². The van der Waals surface area contributed by atoms with Crippen molar-refractivity contribution in [2.75, 3.05) is 50.1 Å². The van der Waals surface area contributed by atoms with Crippen molar-refractivity contribution in [2.45, 2.75) is 44.2 Å². The first-order valence-corrected chi connectivity index (χ1v) is 12.1. The lowest BCUT2D eigenvalue weighted by molar-refractivity contribution is 0.00988. The normalized spacial score (nSPS) is 32.9. The summed E-state index contributed by atoms with van der Waals surface area (Å²) in [4.78, 5) is 11.7. The van der Waals surface area contributed by atoms with Gasteiger partial charge in [0.2, 0.25) is 11.8 Å². The van der Waals surface area contributed by atoms with Gasteiger partial charge in [-0.2, -0.15) is 15.1 Å². The molecule has 4 bridgehead atoms. The van der Waals surface area contributed by atoms with Gasteiger partial charge in [-0.3, -0.25) is 10.00 Å². The molecule has 0 amide bonds. The predicted octanol–water partition coefficient (Wildman–Crippen LogP) is 1.92. The number of nitrogens with zero attached hydrogens (tertiary/aromatic N) is 4. The molecule has 2 aromatic heterocycles. The molecular weight excluding hydrogens is 422 g/mol. The van der Waals surface area contributed by atoms with Gasteiger partial charge in [-0.25, -0.2) is 0 Å². The predicted molar refractivity (Wildman–Crippen MR) is 123 cm³/mol. The van der Waals surface area contributed by atoms with Gasteiger partial charge in [0.1, 0.15) is 12.4 Å². The summed E-state index contributed by atoms with van der Waals surface area (Å²) >= 11 is 0. The van der Waals surface area contributed by atoms with E-state index in [0.717, 1.165) is 57.8 Å². The summed E-state index contributed by atoms with van der Waals surface area (Å²) in [5, 5.41) is 25.1. The SMILES string of the molecule is Cc1cc(Nc2cc(OCCN3CCOCC3)nc(NC3C4CC5CC3C(O)(C5)C4)n2)n[nH]1. The highest BCUT2D eigenvalue weighted by atomic mass is 16.5. The van der Waals surface area contributed by atoms with Crippen LogP contribution in [0.5, 0.6) is 5.88 Å². The minimum Gasteiger partial charge on any atom is -0.476 e. The largest absolute Gasteiger partial charge is 0.476 e. The fourth-order valence-corrected chi connectivity index (χ4v) is 6.49. The van der Waals surface area contributed by atoms with Crippen molar-refractivity contribution in [1.29, 1.82) is 0 Å². The van der Waals surface area contributed by atoms with Crippen molar-refractivity contribution in [3.8, 4) is 5.88 Å². The number of H-pyrrole nitrogens is 1. The topological polar surface area (TPSA) is 120 Å². The van der Waals surface area contributed by atoms with Crippen LogP contribution < -0.4 is 15.4 Å². The second-order valence-electron chi connectivity index (χ2n) is 10.2. The Morgan fingerprint density at radius 2 is 2.09 bits per heavy atom. The Morgan fingerprint density at radius 3 is 2.88 bits per heavy atom. The van der Waals surface area contributed by atoms with E-state index in [0.29, 0.717) is 41.9 Å². The van der Waals surface area contributed by atoms with Gasteiger partial charge < -0.3 is 25.2 Å². The summed E-state index contributed by atoms with van der Waals surface area (Å²) in [6.45, 7) is 6.75. The molecule has 10 heteroatoms. The molecule has 3 heterocycles. The molecule has 178 valence electrons. The molecule has 5 unspecified atom stereocenters. The van der Waals surface area contributed by atoms with E-state index in [1.54, 1.807) is 0 Å². The van der Waals surface area contributed by atoms with Crippen LogP contribution in [0, 0.1) is 24.7 Å². The quantitative estimate of drug-likeness (QED) is 0.473. The van der Waals surface area contributed by atoms with Crippen LogP contribution in [-0.2, 0) is 4.74 Å². The number of rotatable bonds is 8. The van der Waals surface area contributed by atoms with E-state index in [1.807, 2.05) is 19.1 Å². The van der Waals surface area contributed by atoms with Crippen molar-refractivity contribution in [3.63, 3.8) is 0 Å². The third-order valence-corrected chi connectivity index (χ3v) is 7.83. The minimum atomic E-state index is -0.509. The Kier molecular flexibility index (Phi) is 5.38. The van der Waals surface area contributed by atoms with E-state index in [1.165, 1.54) is 6.42 Å². The van der Waals surface area contributed by atoms with Gasteiger partial charge in [0.15, 0.2) is 5.82 Å². The summed E-state index contributed by atoms with van der Waals surface area (Å²) in [5.74, 6) is 3.83. The van der Waals surface area contributed by atoms with Crippen LogP contribution in [0.2, 0.25) is 0 Å². The summed E-state index contributed by atoms with van der Waals surface area (Å²) in [6, 6.07) is 3.95. The van der Waals surface area contributed by atoms with Crippen LogP contribution in [0.25, 0.3) is 0 Å². The molecule has 0 aromatic carbocycles. The standard InChI is InChI=1S/C23H33N7O3/c1-14-8-19(29-28-14)24-18-11-20(33-7-4-30-2-5-32-6-3-30)26-22(25-18)27-21-16-9-15-10-17(21)23(31,12-15)13-16/h8,11,15-17,21,31H,2-7,9-10,12-13H2,1H3,(H3,24,25,26,27,28,29). The van der Waals surface area contributed by atoms with E-state index >= 15 is 0 Å². The van der Waals surface area contributed by atoms with Crippen LogP contribution in [0.3, 0.4) is 0 Å². The van der Waals surface area contributed by atoms with Crippen molar-refractivity contribution in [1.82, 2.24) is 25.1 Å². The van der Waals surface area contributed by atoms with Gasteiger partial charge in [0.25, 0.3) is 0 Å². The number of anilines is 3. The van der Waals surface area contributed by atoms with Gasteiger partial charge in [-0.05, 0) is 44.4 Å². The third kappa shape index (κ3) is 4.27. The fourth-order valence-electron chi connectivity index (χ4n) is 6.49. The molecule has 2 aromatic rings. The van der Waals surface area contributed by atoms with E-state index in [4.69, 9.17) is 14.5 Å². The Balaban J connectivity index is 1.19. The van der Waals surface area contributed by atoms with Crippen molar-refractivity contribution >= 4 is 17.6 Å². The van der Waals surface area contributed by atoms with Gasteiger partial charge in [0, 0.05) is 49.4 Å². The van der Waals surface area contributed by atoms with Crippen molar-refractivity contribution in [2.24, 2.45) is 17.8 Å². The smallest absolute Gasteiger partial charge is 0.228 e. The van der Waals surface area contributed by atoms with Gasteiger partial charge in [-0.15, -0.1) is 0 Å². The zero-order valence-electron chi connectivity index (χ0n) is 19.1. The second-order valence-corrected chi connectivity index (χ2v) is 10.2. The first-order valence-electron chi connectivity index (χ1n) is 12.1.